The van der Waals surface area contributed by atoms with Crippen LogP contribution in [-0.4, -0.2) is 10.3 Å². The highest BCUT2D eigenvalue weighted by atomic mass is 16.6. The Balaban J connectivity index is 2.71. The van der Waals surface area contributed by atoms with Crippen molar-refractivity contribution in [3.63, 3.8) is 0 Å². The van der Waals surface area contributed by atoms with Crippen LogP contribution in [0.1, 0.15) is 0 Å². The predicted octanol–water partition coefficient (Wildman–Crippen LogP) is 1.97. The Hall–Kier alpha value is -1.84. The quantitative estimate of drug-likeness (QED) is 0.504. The zero-order chi connectivity index (χ0) is 7.97. The minimum Gasteiger partial charge on any atom is -0.464 e. The van der Waals surface area contributed by atoms with Crippen molar-refractivity contribution in [1.82, 2.24) is 10.3 Å². The predicted molar refractivity (Wildman–Crippen MR) is 41.6 cm³/mol. The van der Waals surface area contributed by atoms with Crippen molar-refractivity contribution in [3.05, 3.63) is 24.5 Å². The van der Waals surface area contributed by atoms with E-state index in [9.17, 15) is 0 Å². The molecule has 0 fully saturated rings. The van der Waals surface area contributed by atoms with Crippen LogP contribution in [0.15, 0.2) is 33.5 Å². The summed E-state index contributed by atoms with van der Waals surface area (Å²) in [6.45, 7) is 0. The van der Waals surface area contributed by atoms with Crippen LogP contribution >= 0.6 is 0 Å². The van der Waals surface area contributed by atoms with Gasteiger partial charge in [0.1, 0.15) is 16.6 Å². The van der Waals surface area contributed by atoms with Gasteiger partial charge in [-0.1, -0.05) is 0 Å². The number of hydrogen-bond acceptors (Lipinski definition) is 4. The Morgan fingerprint density at radius 2 is 2.08 bits per heavy atom. The van der Waals surface area contributed by atoms with E-state index < -0.39 is 0 Å². The average Bonchev–Trinajstić information content (AvgIpc) is 2.71. The fraction of sp³-hybridized carbons (Fsp3) is 0. The number of benzene rings is 1. The second-order valence-electron chi connectivity index (χ2n) is 2.53. The van der Waals surface area contributed by atoms with E-state index in [4.69, 9.17) is 4.42 Å². The monoisotopic (exact) mass is 160 g/mol. The molecule has 0 atom stereocenters. The molecule has 0 aliphatic carbocycles. The van der Waals surface area contributed by atoms with E-state index in [0.29, 0.717) is 0 Å². The first-order valence-corrected chi connectivity index (χ1v) is 3.53. The fourth-order valence-electron chi connectivity index (χ4n) is 1.29. The summed E-state index contributed by atoms with van der Waals surface area (Å²) in [7, 11) is 0. The van der Waals surface area contributed by atoms with E-state index in [-0.39, 0.29) is 0 Å². The van der Waals surface area contributed by atoms with Gasteiger partial charge in [0.05, 0.1) is 11.6 Å². The van der Waals surface area contributed by atoms with Crippen LogP contribution in [0.4, 0.5) is 0 Å². The molecule has 0 amide bonds. The number of aromatic nitrogens is 2. The van der Waals surface area contributed by atoms with Crippen molar-refractivity contribution in [3.8, 4) is 0 Å². The van der Waals surface area contributed by atoms with Crippen molar-refractivity contribution >= 4 is 22.0 Å². The highest BCUT2D eigenvalue weighted by Crippen LogP contribution is 2.22. The van der Waals surface area contributed by atoms with Gasteiger partial charge >= 0.3 is 0 Å². The van der Waals surface area contributed by atoms with Gasteiger partial charge in [-0.25, -0.2) is 4.63 Å². The standard InChI is InChI=1S/C8H4N2O2/c1-2-7-5(3-4-11-7)8-6(1)9-12-10-8/h1-4H. The van der Waals surface area contributed by atoms with Crippen molar-refractivity contribution in [2.45, 2.75) is 0 Å². The number of rotatable bonds is 0. The number of nitrogens with zero attached hydrogens (tertiary/aromatic N) is 2. The average molecular weight is 160 g/mol. The van der Waals surface area contributed by atoms with Gasteiger partial charge in [0.2, 0.25) is 0 Å². The van der Waals surface area contributed by atoms with Crippen LogP contribution in [-0.2, 0) is 0 Å². The van der Waals surface area contributed by atoms with Gasteiger partial charge in [-0.3, -0.25) is 0 Å². The molecule has 0 radical (unpaired) electrons. The van der Waals surface area contributed by atoms with Crippen LogP contribution in [0.2, 0.25) is 0 Å². The molecule has 0 saturated carbocycles. The van der Waals surface area contributed by atoms with Gasteiger partial charge in [0, 0.05) is 0 Å². The van der Waals surface area contributed by atoms with Crippen molar-refractivity contribution in [2.75, 3.05) is 0 Å². The molecule has 0 spiro atoms. The molecule has 0 bridgehead atoms. The molecular weight excluding hydrogens is 156 g/mol. The topological polar surface area (TPSA) is 52.1 Å². The van der Waals surface area contributed by atoms with Gasteiger partial charge in [0.15, 0.2) is 0 Å². The Morgan fingerprint density at radius 3 is 3.08 bits per heavy atom. The molecule has 0 unspecified atom stereocenters. The Labute approximate surface area is 66.7 Å². The van der Waals surface area contributed by atoms with E-state index in [1.807, 2.05) is 18.2 Å². The first-order chi connectivity index (χ1) is 5.95. The minimum absolute atomic E-state index is 0.751. The largest absolute Gasteiger partial charge is 0.464 e. The fourth-order valence-corrected chi connectivity index (χ4v) is 1.29. The summed E-state index contributed by atoms with van der Waals surface area (Å²) in [5.41, 5.74) is 2.31. The number of furan rings is 1. The molecule has 0 aliphatic heterocycles. The summed E-state index contributed by atoms with van der Waals surface area (Å²) in [4.78, 5) is 0. The maximum Gasteiger partial charge on any atom is 0.146 e. The second kappa shape index (κ2) is 1.85. The maximum atomic E-state index is 5.19. The summed E-state index contributed by atoms with van der Waals surface area (Å²) in [6, 6.07) is 5.52. The lowest BCUT2D eigenvalue weighted by Gasteiger charge is -1.84. The molecule has 4 heteroatoms. The Kier molecular flexibility index (Phi) is 0.889. The highest BCUT2D eigenvalue weighted by Gasteiger charge is 2.06. The van der Waals surface area contributed by atoms with Crippen molar-refractivity contribution < 1.29 is 9.05 Å². The zero-order valence-corrected chi connectivity index (χ0v) is 6.02. The summed E-state index contributed by atoms with van der Waals surface area (Å²) >= 11 is 0. The van der Waals surface area contributed by atoms with Crippen LogP contribution < -0.4 is 0 Å². The molecule has 0 aliphatic rings. The summed E-state index contributed by atoms with van der Waals surface area (Å²) in [5, 5.41) is 8.43. The normalized spacial score (nSPS) is 11.3. The lowest BCUT2D eigenvalue weighted by atomic mass is 10.2. The molecule has 0 N–H and O–H groups in total. The molecule has 1 aromatic carbocycles. The lowest BCUT2D eigenvalue weighted by molar-refractivity contribution is 0.316. The van der Waals surface area contributed by atoms with Crippen LogP contribution in [0.5, 0.6) is 0 Å². The summed E-state index contributed by atoms with van der Waals surface area (Å²) in [6.07, 6.45) is 1.62. The smallest absolute Gasteiger partial charge is 0.146 e. The SMILES string of the molecule is c1cc2c(ccc3nonc32)o1. The van der Waals surface area contributed by atoms with Crippen molar-refractivity contribution in [2.24, 2.45) is 0 Å². The Morgan fingerprint density at radius 1 is 1.08 bits per heavy atom. The molecule has 2 heterocycles. The molecule has 0 saturated heterocycles. The van der Waals surface area contributed by atoms with Crippen LogP contribution in [0, 0.1) is 0 Å². The third kappa shape index (κ3) is 0.567. The van der Waals surface area contributed by atoms with Gasteiger partial charge < -0.3 is 4.42 Å². The molecule has 2 aromatic heterocycles. The Bertz CT molecular complexity index is 488. The molecule has 3 rings (SSSR count). The van der Waals surface area contributed by atoms with E-state index in [0.717, 1.165) is 22.0 Å². The van der Waals surface area contributed by atoms with Crippen molar-refractivity contribution in [1.29, 1.82) is 0 Å². The lowest BCUT2D eigenvalue weighted by Crippen LogP contribution is -1.69. The minimum atomic E-state index is 0.751. The first kappa shape index (κ1) is 5.77. The van der Waals surface area contributed by atoms with E-state index in [1.54, 1.807) is 6.26 Å². The molecule has 12 heavy (non-hydrogen) atoms. The highest BCUT2D eigenvalue weighted by molar-refractivity contribution is 6.01. The summed E-state index contributed by atoms with van der Waals surface area (Å²) < 4.78 is 9.79. The van der Waals surface area contributed by atoms with E-state index in [1.165, 1.54) is 0 Å². The zero-order valence-electron chi connectivity index (χ0n) is 6.02. The van der Waals surface area contributed by atoms with Gasteiger partial charge in [-0.15, -0.1) is 0 Å². The second-order valence-corrected chi connectivity index (χ2v) is 2.53. The number of fused-ring (bicyclic) bond motifs is 3. The van der Waals surface area contributed by atoms with Gasteiger partial charge in [0.25, 0.3) is 0 Å². The molecule has 58 valence electrons. The maximum absolute atomic E-state index is 5.19. The first-order valence-electron chi connectivity index (χ1n) is 3.53. The molecule has 3 aromatic rings. The third-order valence-electron chi connectivity index (χ3n) is 1.86. The summed E-state index contributed by atoms with van der Waals surface area (Å²) in [5.74, 6) is 0. The van der Waals surface area contributed by atoms with E-state index in [2.05, 4.69) is 14.9 Å². The van der Waals surface area contributed by atoms with Gasteiger partial charge in [-0.05, 0) is 28.5 Å². The third-order valence-corrected chi connectivity index (χ3v) is 1.86. The molecule has 4 nitrogen and oxygen atoms in total. The van der Waals surface area contributed by atoms with Crippen LogP contribution in [0.25, 0.3) is 22.0 Å². The van der Waals surface area contributed by atoms with E-state index >= 15 is 0 Å². The molecular formula is C8H4N2O2. The van der Waals surface area contributed by atoms with Gasteiger partial charge in [-0.2, -0.15) is 0 Å². The number of hydrogen-bond donors (Lipinski definition) is 0. The van der Waals surface area contributed by atoms with Crippen LogP contribution in [0.3, 0.4) is 0 Å².